The average molecular weight is 640 g/mol. The van der Waals surface area contributed by atoms with E-state index in [9.17, 15) is 0 Å². The highest BCUT2D eigenvalue weighted by Crippen LogP contribution is 2.52. The molecule has 0 N–H and O–H groups in total. The van der Waals surface area contributed by atoms with E-state index in [1.165, 1.54) is 49.9 Å². The lowest BCUT2D eigenvalue weighted by Gasteiger charge is -2.29. The lowest BCUT2D eigenvalue weighted by molar-refractivity contribution is 0.569. The van der Waals surface area contributed by atoms with E-state index >= 15 is 0 Å². The molecular weight excluding hydrogens is 595 g/mol. The predicted octanol–water partition coefficient (Wildman–Crippen LogP) is 13.6. The van der Waals surface area contributed by atoms with Crippen molar-refractivity contribution in [3.05, 3.63) is 150 Å². The van der Waals surface area contributed by atoms with Crippen molar-refractivity contribution < 1.29 is 4.42 Å². The van der Waals surface area contributed by atoms with Crippen LogP contribution in [0.2, 0.25) is 0 Å². The molecule has 6 aromatic carbocycles. The van der Waals surface area contributed by atoms with Crippen LogP contribution < -0.4 is 4.90 Å². The minimum absolute atomic E-state index is 0.00265. The summed E-state index contributed by atoms with van der Waals surface area (Å²) in [6, 6.07) is 46.8. The van der Waals surface area contributed by atoms with Crippen LogP contribution in [-0.2, 0) is 16.2 Å². The monoisotopic (exact) mass is 639 g/mol. The van der Waals surface area contributed by atoms with Crippen molar-refractivity contribution in [3.63, 3.8) is 0 Å². The molecule has 0 saturated heterocycles. The van der Waals surface area contributed by atoms with Gasteiger partial charge in [0.25, 0.3) is 0 Å². The van der Waals surface area contributed by atoms with Crippen LogP contribution in [0.5, 0.6) is 0 Å². The topological polar surface area (TPSA) is 16.4 Å². The number of nitrogens with zero attached hydrogens (tertiary/aromatic N) is 1. The van der Waals surface area contributed by atoms with Crippen LogP contribution in [0.1, 0.15) is 77.6 Å². The third kappa shape index (κ3) is 5.08. The fraction of sp³-hybridized carbons (Fsp3) is 0.234. The quantitative estimate of drug-likeness (QED) is 0.191. The lowest BCUT2D eigenvalue weighted by atomic mass is 9.78. The normalized spacial score (nSPS) is 13.9. The van der Waals surface area contributed by atoms with Crippen molar-refractivity contribution in [2.75, 3.05) is 4.90 Å². The molecule has 1 aliphatic carbocycles. The summed E-state index contributed by atoms with van der Waals surface area (Å²) in [5.41, 5.74) is 15.4. The molecule has 244 valence electrons. The number of hydrogen-bond donors (Lipinski definition) is 0. The minimum Gasteiger partial charge on any atom is -0.456 e. The number of rotatable bonds is 4. The second-order valence-corrected chi connectivity index (χ2v) is 16.3. The van der Waals surface area contributed by atoms with Gasteiger partial charge in [0.2, 0.25) is 0 Å². The van der Waals surface area contributed by atoms with Crippen molar-refractivity contribution >= 4 is 39.0 Å². The summed E-state index contributed by atoms with van der Waals surface area (Å²) in [4.78, 5) is 2.44. The third-order valence-electron chi connectivity index (χ3n) is 10.5. The smallest absolute Gasteiger partial charge is 0.137 e. The summed E-state index contributed by atoms with van der Waals surface area (Å²) in [6.45, 7) is 18.5. The number of fused-ring (bicyclic) bond motifs is 6. The Balaban J connectivity index is 1.40. The molecule has 49 heavy (non-hydrogen) atoms. The maximum absolute atomic E-state index is 6.79. The van der Waals surface area contributed by atoms with Gasteiger partial charge in [-0.3, -0.25) is 0 Å². The fourth-order valence-corrected chi connectivity index (χ4v) is 7.83. The maximum Gasteiger partial charge on any atom is 0.137 e. The maximum atomic E-state index is 6.79. The Hall–Kier alpha value is -5.08. The highest BCUT2D eigenvalue weighted by molar-refractivity contribution is 6.15. The molecule has 1 heterocycles. The van der Waals surface area contributed by atoms with Crippen LogP contribution in [0.4, 0.5) is 17.1 Å². The number of hydrogen-bond acceptors (Lipinski definition) is 2. The van der Waals surface area contributed by atoms with Crippen molar-refractivity contribution in [3.8, 4) is 22.3 Å². The van der Waals surface area contributed by atoms with E-state index in [1.807, 2.05) is 0 Å². The van der Waals surface area contributed by atoms with Crippen LogP contribution in [0.15, 0.2) is 132 Å². The summed E-state index contributed by atoms with van der Waals surface area (Å²) in [6.07, 6.45) is 0. The lowest BCUT2D eigenvalue weighted by Crippen LogP contribution is -2.17. The first-order chi connectivity index (χ1) is 23.3. The van der Waals surface area contributed by atoms with Crippen LogP contribution in [0.25, 0.3) is 44.2 Å². The van der Waals surface area contributed by atoms with Gasteiger partial charge in [0.1, 0.15) is 11.2 Å². The summed E-state index contributed by atoms with van der Waals surface area (Å²) in [5.74, 6) is 0. The van der Waals surface area contributed by atoms with Crippen molar-refractivity contribution in [2.45, 2.75) is 71.6 Å². The number of anilines is 3. The number of benzene rings is 6. The minimum atomic E-state index is -0.109. The molecule has 0 unspecified atom stereocenters. The van der Waals surface area contributed by atoms with E-state index in [0.717, 1.165) is 33.6 Å². The van der Waals surface area contributed by atoms with Crippen molar-refractivity contribution in [2.24, 2.45) is 0 Å². The Morgan fingerprint density at radius 1 is 0.510 bits per heavy atom. The van der Waals surface area contributed by atoms with Crippen molar-refractivity contribution in [1.29, 1.82) is 0 Å². The van der Waals surface area contributed by atoms with Crippen LogP contribution >= 0.6 is 0 Å². The zero-order valence-electron chi connectivity index (χ0n) is 30.0. The number of furan rings is 1. The summed E-state index contributed by atoms with van der Waals surface area (Å²) in [7, 11) is 0. The van der Waals surface area contributed by atoms with E-state index in [4.69, 9.17) is 4.42 Å². The Kier molecular flexibility index (Phi) is 6.99. The van der Waals surface area contributed by atoms with Gasteiger partial charge in [-0.15, -0.1) is 0 Å². The van der Waals surface area contributed by atoms with Gasteiger partial charge in [-0.1, -0.05) is 140 Å². The zero-order chi connectivity index (χ0) is 34.3. The first kappa shape index (κ1) is 31.2. The van der Waals surface area contributed by atoms with E-state index in [1.54, 1.807) is 0 Å². The Labute approximate surface area is 291 Å². The molecule has 1 aromatic heterocycles. The molecule has 0 atom stereocenters. The van der Waals surface area contributed by atoms with Crippen molar-refractivity contribution in [1.82, 2.24) is 0 Å². The van der Waals surface area contributed by atoms with Gasteiger partial charge in [0.05, 0.1) is 11.1 Å². The zero-order valence-corrected chi connectivity index (χ0v) is 30.0. The van der Waals surface area contributed by atoms with E-state index in [-0.39, 0.29) is 16.2 Å². The first-order valence-corrected chi connectivity index (χ1v) is 17.5. The first-order valence-electron chi connectivity index (χ1n) is 17.5. The summed E-state index contributed by atoms with van der Waals surface area (Å²) >= 11 is 0. The highest BCUT2D eigenvalue weighted by atomic mass is 16.3. The molecule has 0 bridgehead atoms. The van der Waals surface area contributed by atoms with E-state index in [2.05, 4.69) is 188 Å². The molecule has 2 heteroatoms. The third-order valence-corrected chi connectivity index (χ3v) is 10.5. The molecule has 7 aromatic rings. The second kappa shape index (κ2) is 11.0. The predicted molar refractivity (Wildman–Crippen MR) is 209 cm³/mol. The second-order valence-electron chi connectivity index (χ2n) is 16.3. The fourth-order valence-electron chi connectivity index (χ4n) is 7.83. The van der Waals surface area contributed by atoms with E-state index < -0.39 is 0 Å². The van der Waals surface area contributed by atoms with Crippen LogP contribution in [0, 0.1) is 0 Å². The van der Waals surface area contributed by atoms with Crippen LogP contribution in [-0.4, -0.2) is 0 Å². The van der Waals surface area contributed by atoms with Gasteiger partial charge >= 0.3 is 0 Å². The average Bonchev–Trinajstić information content (AvgIpc) is 3.57. The van der Waals surface area contributed by atoms with Gasteiger partial charge < -0.3 is 9.32 Å². The van der Waals surface area contributed by atoms with Gasteiger partial charge in [0.15, 0.2) is 0 Å². The standard InChI is InChI=1S/C47H45NO/c1-45(2,3)32-27-39(46(4,5)6)43-42(28-32)49-41-20-14-19-40(44(41)43)48(33-23-21-31(22-24-33)30-15-10-9-11-16-30)34-25-26-36-35-17-12-13-18-37(35)47(7,8)38(36)29-34/h9-29H,1-8H3. The Bertz CT molecular complexity index is 2360. The van der Waals surface area contributed by atoms with Gasteiger partial charge in [-0.25, -0.2) is 0 Å². The van der Waals surface area contributed by atoms with Crippen LogP contribution in [0.3, 0.4) is 0 Å². The summed E-state index contributed by atoms with van der Waals surface area (Å²) < 4.78 is 6.79. The molecule has 8 rings (SSSR count). The largest absolute Gasteiger partial charge is 0.456 e. The molecular formula is C47H45NO. The Morgan fingerprint density at radius 2 is 1.16 bits per heavy atom. The SMILES string of the molecule is CC(C)(C)c1cc(C(C)(C)C)c2c(c1)oc1cccc(N(c3ccc(-c4ccccc4)cc3)c3ccc4c(c3)C(C)(C)c3ccccc3-4)c12. The summed E-state index contributed by atoms with van der Waals surface area (Å²) in [5, 5.41) is 2.35. The van der Waals surface area contributed by atoms with Gasteiger partial charge in [0, 0.05) is 22.2 Å². The molecule has 0 aliphatic heterocycles. The van der Waals surface area contributed by atoms with Gasteiger partial charge in [-0.05, 0) is 97.8 Å². The Morgan fingerprint density at radius 3 is 1.88 bits per heavy atom. The molecule has 0 radical (unpaired) electrons. The molecule has 0 fully saturated rings. The molecule has 0 amide bonds. The highest BCUT2D eigenvalue weighted by Gasteiger charge is 2.36. The molecule has 0 saturated carbocycles. The van der Waals surface area contributed by atoms with E-state index in [0.29, 0.717) is 0 Å². The molecule has 2 nitrogen and oxygen atoms in total. The molecule has 0 spiro atoms. The molecule has 1 aliphatic rings. The van der Waals surface area contributed by atoms with Gasteiger partial charge in [-0.2, -0.15) is 0 Å².